The predicted octanol–water partition coefficient (Wildman–Crippen LogP) is 1.00. The molecular formula is C9H14N4O. The SMILES string of the molecule is Cc1cc(OC2CCC2)nc(NN)n1. The summed E-state index contributed by atoms with van der Waals surface area (Å²) in [5.74, 6) is 6.24. The maximum atomic E-state index is 5.63. The Morgan fingerprint density at radius 3 is 2.86 bits per heavy atom. The second-order valence-electron chi connectivity index (χ2n) is 3.49. The first kappa shape index (κ1) is 9.21. The molecule has 3 N–H and O–H groups in total. The molecule has 1 aromatic rings. The van der Waals surface area contributed by atoms with E-state index in [1.807, 2.05) is 13.0 Å². The minimum atomic E-state index is 0.329. The van der Waals surface area contributed by atoms with Crippen LogP contribution in [0.15, 0.2) is 6.07 Å². The lowest BCUT2D eigenvalue weighted by atomic mass is 9.96. The third kappa shape index (κ3) is 1.93. The van der Waals surface area contributed by atoms with Crippen molar-refractivity contribution in [2.24, 2.45) is 5.84 Å². The number of aromatic nitrogens is 2. The van der Waals surface area contributed by atoms with Crippen molar-refractivity contribution in [3.8, 4) is 5.88 Å². The van der Waals surface area contributed by atoms with Crippen molar-refractivity contribution < 1.29 is 4.74 Å². The molecule has 0 bridgehead atoms. The summed E-state index contributed by atoms with van der Waals surface area (Å²) < 4.78 is 5.63. The smallest absolute Gasteiger partial charge is 0.240 e. The summed E-state index contributed by atoms with van der Waals surface area (Å²) in [6, 6.07) is 1.82. The lowest BCUT2D eigenvalue weighted by Crippen LogP contribution is -2.25. The molecule has 0 saturated heterocycles. The van der Waals surface area contributed by atoms with Gasteiger partial charge in [0, 0.05) is 11.8 Å². The largest absolute Gasteiger partial charge is 0.474 e. The Labute approximate surface area is 82.7 Å². The Morgan fingerprint density at radius 1 is 1.50 bits per heavy atom. The summed E-state index contributed by atoms with van der Waals surface area (Å²) >= 11 is 0. The van der Waals surface area contributed by atoms with Gasteiger partial charge in [0.2, 0.25) is 11.8 Å². The maximum Gasteiger partial charge on any atom is 0.240 e. The van der Waals surface area contributed by atoms with Crippen molar-refractivity contribution in [3.05, 3.63) is 11.8 Å². The van der Waals surface area contributed by atoms with E-state index in [9.17, 15) is 0 Å². The fraction of sp³-hybridized carbons (Fsp3) is 0.556. The second kappa shape index (κ2) is 3.79. The zero-order valence-electron chi connectivity index (χ0n) is 8.16. The van der Waals surface area contributed by atoms with Gasteiger partial charge in [-0.25, -0.2) is 10.8 Å². The molecule has 5 nitrogen and oxygen atoms in total. The first-order valence-electron chi connectivity index (χ1n) is 4.77. The molecule has 0 atom stereocenters. The van der Waals surface area contributed by atoms with Gasteiger partial charge in [0.15, 0.2) is 0 Å². The van der Waals surface area contributed by atoms with Gasteiger partial charge in [-0.05, 0) is 26.2 Å². The summed E-state index contributed by atoms with van der Waals surface area (Å²) in [4.78, 5) is 8.18. The number of nitrogens with one attached hydrogen (secondary N) is 1. The summed E-state index contributed by atoms with van der Waals surface area (Å²) in [6.45, 7) is 1.89. The third-order valence-electron chi connectivity index (χ3n) is 2.30. The van der Waals surface area contributed by atoms with Crippen LogP contribution in [-0.2, 0) is 0 Å². The summed E-state index contributed by atoms with van der Waals surface area (Å²) in [5.41, 5.74) is 3.26. The minimum absolute atomic E-state index is 0.329. The number of hydrazine groups is 1. The number of rotatable bonds is 3. The number of aryl methyl sites for hydroxylation is 1. The second-order valence-corrected chi connectivity index (χ2v) is 3.49. The first-order valence-corrected chi connectivity index (χ1v) is 4.77. The van der Waals surface area contributed by atoms with E-state index in [0.29, 0.717) is 17.9 Å². The van der Waals surface area contributed by atoms with Crippen LogP contribution < -0.4 is 16.0 Å². The fourth-order valence-corrected chi connectivity index (χ4v) is 1.32. The number of nitrogens with two attached hydrogens (primary N) is 1. The molecule has 0 radical (unpaired) electrons. The highest BCUT2D eigenvalue weighted by molar-refractivity contribution is 5.29. The fourth-order valence-electron chi connectivity index (χ4n) is 1.32. The van der Waals surface area contributed by atoms with E-state index in [2.05, 4.69) is 15.4 Å². The van der Waals surface area contributed by atoms with Crippen LogP contribution in [0.5, 0.6) is 5.88 Å². The highest BCUT2D eigenvalue weighted by Crippen LogP contribution is 2.24. The molecule has 1 heterocycles. The molecular weight excluding hydrogens is 180 g/mol. The topological polar surface area (TPSA) is 73.1 Å². The van der Waals surface area contributed by atoms with E-state index in [1.54, 1.807) is 0 Å². The van der Waals surface area contributed by atoms with Gasteiger partial charge in [-0.3, -0.25) is 5.43 Å². The van der Waals surface area contributed by atoms with Crippen LogP contribution in [0.1, 0.15) is 25.0 Å². The van der Waals surface area contributed by atoms with E-state index in [-0.39, 0.29) is 0 Å². The molecule has 0 aromatic carbocycles. The number of nitrogens with zero attached hydrogens (tertiary/aromatic N) is 2. The van der Waals surface area contributed by atoms with E-state index < -0.39 is 0 Å². The number of nitrogen functional groups attached to an aromatic ring is 1. The molecule has 14 heavy (non-hydrogen) atoms. The zero-order valence-corrected chi connectivity index (χ0v) is 8.16. The molecule has 0 amide bonds. The standard InChI is InChI=1S/C9H14N4O/c1-6-5-8(12-9(11-6)13-10)14-7-3-2-4-7/h5,7H,2-4,10H2,1H3,(H,11,12,13). The molecule has 5 heteroatoms. The monoisotopic (exact) mass is 194 g/mol. The van der Waals surface area contributed by atoms with Crippen LogP contribution >= 0.6 is 0 Å². The average Bonchev–Trinajstić information content (AvgIpc) is 2.10. The van der Waals surface area contributed by atoms with Gasteiger partial charge in [0.05, 0.1) is 0 Å². The Balaban J connectivity index is 2.11. The van der Waals surface area contributed by atoms with Crippen LogP contribution in [0.3, 0.4) is 0 Å². The van der Waals surface area contributed by atoms with E-state index in [1.165, 1.54) is 6.42 Å². The van der Waals surface area contributed by atoms with Gasteiger partial charge in [-0.15, -0.1) is 0 Å². The van der Waals surface area contributed by atoms with Gasteiger partial charge >= 0.3 is 0 Å². The maximum absolute atomic E-state index is 5.63. The summed E-state index contributed by atoms with van der Waals surface area (Å²) in [6.07, 6.45) is 3.81. The lowest BCUT2D eigenvalue weighted by Gasteiger charge is -2.25. The van der Waals surface area contributed by atoms with E-state index in [0.717, 1.165) is 18.5 Å². The van der Waals surface area contributed by atoms with Crippen molar-refractivity contribution in [3.63, 3.8) is 0 Å². The normalized spacial score (nSPS) is 16.1. The van der Waals surface area contributed by atoms with Crippen molar-refractivity contribution in [1.82, 2.24) is 9.97 Å². The number of ether oxygens (including phenoxy) is 1. The van der Waals surface area contributed by atoms with Gasteiger partial charge in [0.25, 0.3) is 0 Å². The Morgan fingerprint density at radius 2 is 2.29 bits per heavy atom. The summed E-state index contributed by atoms with van der Waals surface area (Å²) in [5, 5.41) is 0. The Bertz CT molecular complexity index is 325. The third-order valence-corrected chi connectivity index (χ3v) is 2.30. The Kier molecular flexibility index (Phi) is 2.49. The van der Waals surface area contributed by atoms with Crippen molar-refractivity contribution in [2.45, 2.75) is 32.3 Å². The van der Waals surface area contributed by atoms with Crippen molar-refractivity contribution in [1.29, 1.82) is 0 Å². The highest BCUT2D eigenvalue weighted by atomic mass is 16.5. The molecule has 1 aromatic heterocycles. The molecule has 0 unspecified atom stereocenters. The van der Waals surface area contributed by atoms with Gasteiger partial charge in [-0.1, -0.05) is 0 Å². The molecule has 1 fully saturated rings. The van der Waals surface area contributed by atoms with Gasteiger partial charge in [-0.2, -0.15) is 4.98 Å². The number of anilines is 1. The van der Waals surface area contributed by atoms with Crippen molar-refractivity contribution in [2.75, 3.05) is 5.43 Å². The van der Waals surface area contributed by atoms with Crippen LogP contribution in [0, 0.1) is 6.92 Å². The number of hydrogen-bond acceptors (Lipinski definition) is 5. The molecule has 1 aliphatic rings. The Hall–Kier alpha value is -1.36. The minimum Gasteiger partial charge on any atom is -0.474 e. The lowest BCUT2D eigenvalue weighted by molar-refractivity contribution is 0.114. The quantitative estimate of drug-likeness (QED) is 0.554. The zero-order chi connectivity index (χ0) is 9.97. The van der Waals surface area contributed by atoms with Crippen LogP contribution in [-0.4, -0.2) is 16.1 Å². The molecule has 1 saturated carbocycles. The van der Waals surface area contributed by atoms with Crippen LogP contribution in [0.4, 0.5) is 5.95 Å². The molecule has 0 aliphatic heterocycles. The molecule has 2 rings (SSSR count). The van der Waals surface area contributed by atoms with Gasteiger partial charge < -0.3 is 4.74 Å². The van der Waals surface area contributed by atoms with Crippen molar-refractivity contribution >= 4 is 5.95 Å². The molecule has 76 valence electrons. The van der Waals surface area contributed by atoms with Crippen LogP contribution in [0.25, 0.3) is 0 Å². The van der Waals surface area contributed by atoms with E-state index in [4.69, 9.17) is 10.6 Å². The predicted molar refractivity (Wildman–Crippen MR) is 52.8 cm³/mol. The van der Waals surface area contributed by atoms with Gasteiger partial charge in [0.1, 0.15) is 6.10 Å². The van der Waals surface area contributed by atoms with Crippen LogP contribution in [0.2, 0.25) is 0 Å². The highest BCUT2D eigenvalue weighted by Gasteiger charge is 2.19. The first-order chi connectivity index (χ1) is 6.78. The molecule has 1 aliphatic carbocycles. The summed E-state index contributed by atoms with van der Waals surface area (Å²) in [7, 11) is 0. The average molecular weight is 194 g/mol. The van der Waals surface area contributed by atoms with E-state index >= 15 is 0 Å². The number of hydrogen-bond donors (Lipinski definition) is 2. The molecule has 0 spiro atoms.